The zero-order valence-electron chi connectivity index (χ0n) is 19.1. The minimum absolute atomic E-state index is 0.0135. The maximum atomic E-state index is 13.0. The summed E-state index contributed by atoms with van der Waals surface area (Å²) in [5, 5.41) is 43.2. The summed E-state index contributed by atoms with van der Waals surface area (Å²) >= 11 is 0. The smallest absolute Gasteiger partial charge is 0.311 e. The van der Waals surface area contributed by atoms with Crippen molar-refractivity contribution in [2.24, 2.45) is 35.5 Å². The van der Waals surface area contributed by atoms with E-state index >= 15 is 0 Å². The number of aliphatic hydroxyl groups excluding tert-OH is 3. The minimum atomic E-state index is -1.64. The molecule has 1 aliphatic heterocycles. The first-order valence-corrected chi connectivity index (χ1v) is 11.3. The highest BCUT2D eigenvalue weighted by molar-refractivity contribution is 5.83. The molecule has 0 aromatic heterocycles. The zero-order valence-corrected chi connectivity index (χ0v) is 19.1. The molecule has 0 aromatic carbocycles. The number of carbonyl (C=O) groups is 2. The Balaban J connectivity index is 2.41. The Labute approximate surface area is 179 Å². The van der Waals surface area contributed by atoms with Crippen LogP contribution in [-0.2, 0) is 14.3 Å². The van der Waals surface area contributed by atoms with Crippen molar-refractivity contribution in [1.29, 1.82) is 0 Å². The van der Waals surface area contributed by atoms with Gasteiger partial charge in [-0.2, -0.15) is 0 Å². The van der Waals surface area contributed by atoms with E-state index in [9.17, 15) is 30.0 Å². The van der Waals surface area contributed by atoms with Gasteiger partial charge in [-0.25, -0.2) is 0 Å². The molecule has 1 saturated carbocycles. The number of ether oxygens (including phenoxy) is 1. The Morgan fingerprint density at radius 1 is 0.900 bits per heavy atom. The summed E-state index contributed by atoms with van der Waals surface area (Å²) < 4.78 is 5.80. The van der Waals surface area contributed by atoms with E-state index in [2.05, 4.69) is 0 Å². The van der Waals surface area contributed by atoms with Gasteiger partial charge in [-0.05, 0) is 39.0 Å². The van der Waals surface area contributed by atoms with Gasteiger partial charge in [-0.15, -0.1) is 0 Å². The van der Waals surface area contributed by atoms with Gasteiger partial charge in [-0.1, -0.05) is 34.1 Å². The van der Waals surface area contributed by atoms with E-state index in [0.29, 0.717) is 0 Å². The van der Waals surface area contributed by atoms with Gasteiger partial charge in [0.15, 0.2) is 0 Å². The fourth-order valence-corrected chi connectivity index (χ4v) is 5.10. The highest BCUT2D eigenvalue weighted by Crippen LogP contribution is 2.38. The Morgan fingerprint density at radius 3 is 1.93 bits per heavy atom. The van der Waals surface area contributed by atoms with Crippen molar-refractivity contribution in [3.8, 4) is 0 Å². The lowest BCUT2D eigenvalue weighted by atomic mass is 9.71. The van der Waals surface area contributed by atoms with Gasteiger partial charge in [0.25, 0.3) is 0 Å². The lowest BCUT2D eigenvalue weighted by Crippen LogP contribution is -2.52. The van der Waals surface area contributed by atoms with E-state index in [1.54, 1.807) is 34.6 Å². The number of aliphatic hydroxyl groups is 4. The van der Waals surface area contributed by atoms with Crippen molar-refractivity contribution in [2.45, 2.75) is 97.2 Å². The molecule has 2 rings (SSSR count). The number of esters is 1. The topological polar surface area (TPSA) is 124 Å². The molecule has 0 spiro atoms. The lowest BCUT2D eigenvalue weighted by molar-refractivity contribution is -0.177. The highest BCUT2D eigenvalue weighted by atomic mass is 16.5. The summed E-state index contributed by atoms with van der Waals surface area (Å²) in [5.41, 5.74) is -1.64. The Kier molecular flexibility index (Phi) is 8.11. The molecule has 0 amide bonds. The number of hydrogen-bond acceptors (Lipinski definition) is 7. The van der Waals surface area contributed by atoms with Crippen LogP contribution in [-0.4, -0.2) is 62.2 Å². The van der Waals surface area contributed by atoms with E-state index < -0.39 is 65.6 Å². The third-order valence-corrected chi connectivity index (χ3v) is 7.65. The van der Waals surface area contributed by atoms with Crippen LogP contribution in [0.4, 0.5) is 0 Å². The number of hydrogen-bond donors (Lipinski definition) is 4. The summed E-state index contributed by atoms with van der Waals surface area (Å²) in [4.78, 5) is 25.8. The fourth-order valence-electron chi connectivity index (χ4n) is 5.10. The molecule has 10 atom stereocenters. The monoisotopic (exact) mass is 428 g/mol. The SMILES string of the molecule is C[C@@H]1[C@H](O)[C@@H](C)C(=O)[C@H](C)C[C@@](C)(O)[C@H](O)[C@@H](C)[C@H](O)[C@@H](C)C(=O)O[C@@H]1C1CCC1. The molecule has 0 aromatic rings. The normalized spacial score (nSPS) is 47.9. The van der Waals surface area contributed by atoms with Crippen molar-refractivity contribution < 1.29 is 34.8 Å². The van der Waals surface area contributed by atoms with Crippen LogP contribution in [0.1, 0.15) is 67.2 Å². The second-order valence-corrected chi connectivity index (χ2v) is 10.2. The lowest BCUT2D eigenvalue weighted by Gasteiger charge is -2.42. The molecule has 30 heavy (non-hydrogen) atoms. The molecule has 174 valence electrons. The summed E-state index contributed by atoms with van der Waals surface area (Å²) in [6.07, 6.45) is -1.31. The molecule has 2 aliphatic rings. The van der Waals surface area contributed by atoms with Gasteiger partial charge >= 0.3 is 5.97 Å². The number of ketones is 1. The first kappa shape index (κ1) is 25.2. The summed E-state index contributed by atoms with van der Waals surface area (Å²) in [7, 11) is 0. The van der Waals surface area contributed by atoms with Crippen LogP contribution in [0.2, 0.25) is 0 Å². The minimum Gasteiger partial charge on any atom is -0.461 e. The zero-order chi connectivity index (χ0) is 23.0. The first-order chi connectivity index (χ1) is 13.8. The molecule has 0 bridgehead atoms. The van der Waals surface area contributed by atoms with Crippen LogP contribution in [0.3, 0.4) is 0 Å². The van der Waals surface area contributed by atoms with Crippen molar-refractivity contribution >= 4 is 11.8 Å². The van der Waals surface area contributed by atoms with Crippen molar-refractivity contribution in [3.63, 3.8) is 0 Å². The largest absolute Gasteiger partial charge is 0.461 e. The predicted octanol–water partition coefficient (Wildman–Crippen LogP) is 1.69. The molecule has 1 aliphatic carbocycles. The van der Waals surface area contributed by atoms with Gasteiger partial charge < -0.3 is 25.2 Å². The van der Waals surface area contributed by atoms with Gasteiger partial charge in [-0.3, -0.25) is 9.59 Å². The Bertz CT molecular complexity index is 615. The molecule has 1 saturated heterocycles. The second kappa shape index (κ2) is 9.63. The van der Waals surface area contributed by atoms with Crippen LogP contribution >= 0.6 is 0 Å². The number of carbonyl (C=O) groups excluding carboxylic acids is 2. The average molecular weight is 429 g/mol. The van der Waals surface area contributed by atoms with Crippen molar-refractivity contribution in [3.05, 3.63) is 0 Å². The van der Waals surface area contributed by atoms with Crippen LogP contribution < -0.4 is 0 Å². The number of cyclic esters (lactones) is 1. The van der Waals surface area contributed by atoms with Crippen LogP contribution in [0.5, 0.6) is 0 Å². The van der Waals surface area contributed by atoms with Gasteiger partial charge in [0.1, 0.15) is 11.9 Å². The highest BCUT2D eigenvalue weighted by Gasteiger charge is 2.46. The molecule has 7 heteroatoms. The third-order valence-electron chi connectivity index (χ3n) is 7.65. The molecule has 7 nitrogen and oxygen atoms in total. The van der Waals surface area contributed by atoms with Crippen molar-refractivity contribution in [2.75, 3.05) is 0 Å². The van der Waals surface area contributed by atoms with E-state index in [0.717, 1.165) is 19.3 Å². The molecular weight excluding hydrogens is 388 g/mol. The number of rotatable bonds is 1. The molecule has 0 unspecified atom stereocenters. The van der Waals surface area contributed by atoms with E-state index in [-0.39, 0.29) is 18.1 Å². The molecule has 0 radical (unpaired) electrons. The predicted molar refractivity (Wildman–Crippen MR) is 111 cm³/mol. The quantitative estimate of drug-likeness (QED) is 0.468. The fraction of sp³-hybridized carbons (Fsp3) is 0.913. The van der Waals surface area contributed by atoms with Crippen LogP contribution in [0.25, 0.3) is 0 Å². The average Bonchev–Trinajstić information content (AvgIpc) is 2.65. The molecule has 1 heterocycles. The molecule has 4 N–H and O–H groups in total. The van der Waals surface area contributed by atoms with Crippen molar-refractivity contribution in [1.82, 2.24) is 0 Å². The summed E-state index contributed by atoms with van der Waals surface area (Å²) in [5.74, 6) is -4.14. The molecule has 2 fully saturated rings. The van der Waals surface area contributed by atoms with E-state index in [1.807, 2.05) is 0 Å². The first-order valence-electron chi connectivity index (χ1n) is 11.3. The maximum absolute atomic E-state index is 13.0. The van der Waals surface area contributed by atoms with Gasteiger partial charge in [0, 0.05) is 23.7 Å². The molecular formula is C23H40O7. The standard InChI is InChI=1S/C23H40O7/c1-11-10-23(6,29)21(27)14(4)19(26)15(5)22(28)30-20(16-8-7-9-16)13(3)18(25)12(2)17(11)24/h11-16,18-21,25-27,29H,7-10H2,1-6H3/t11-,12+,13-,14+,15-,18-,19+,20+,21-,23-/m1/s1. The number of Topliss-reactive ketones (excluding diaryl/α,β-unsaturated/α-hetero) is 1. The van der Waals surface area contributed by atoms with Crippen LogP contribution in [0.15, 0.2) is 0 Å². The van der Waals surface area contributed by atoms with Gasteiger partial charge in [0.05, 0.1) is 29.8 Å². The Hall–Kier alpha value is -1.02. The maximum Gasteiger partial charge on any atom is 0.311 e. The van der Waals surface area contributed by atoms with E-state index in [1.165, 1.54) is 6.92 Å². The Morgan fingerprint density at radius 2 is 1.43 bits per heavy atom. The second-order valence-electron chi connectivity index (χ2n) is 10.2. The van der Waals surface area contributed by atoms with Gasteiger partial charge in [0.2, 0.25) is 0 Å². The van der Waals surface area contributed by atoms with Crippen LogP contribution in [0, 0.1) is 35.5 Å². The summed E-state index contributed by atoms with van der Waals surface area (Å²) in [6.45, 7) is 9.68. The summed E-state index contributed by atoms with van der Waals surface area (Å²) in [6, 6.07) is 0. The third kappa shape index (κ3) is 5.06. The van der Waals surface area contributed by atoms with E-state index in [4.69, 9.17) is 4.74 Å².